The summed E-state index contributed by atoms with van der Waals surface area (Å²) >= 11 is 0. The summed E-state index contributed by atoms with van der Waals surface area (Å²) in [4.78, 5) is 2.57. The molecule has 2 saturated heterocycles. The molecule has 0 aromatic carbocycles. The van der Waals surface area contributed by atoms with Crippen LogP contribution in [0.25, 0.3) is 0 Å². The molecule has 9 heavy (non-hydrogen) atoms. The summed E-state index contributed by atoms with van der Waals surface area (Å²) in [5.74, 6) is 0.980. The molecule has 0 amide bonds. The van der Waals surface area contributed by atoms with Crippen LogP contribution in [0.2, 0.25) is 0 Å². The Bertz CT molecular complexity index is 122. The number of nitrogens with zero attached hydrogens (tertiary/aromatic N) is 1. The zero-order valence-electron chi connectivity index (χ0n) is 6.30. The Labute approximate surface area is 57.0 Å². The van der Waals surface area contributed by atoms with Gasteiger partial charge in [0.1, 0.15) is 0 Å². The van der Waals surface area contributed by atoms with Crippen molar-refractivity contribution in [1.29, 1.82) is 0 Å². The van der Waals surface area contributed by atoms with Crippen LogP contribution in [0, 0.1) is 5.92 Å². The maximum absolute atomic E-state index is 2.57. The van der Waals surface area contributed by atoms with Gasteiger partial charge < -0.3 is 4.90 Å². The molecular formula is C8H15N. The highest BCUT2D eigenvalue weighted by Gasteiger charge is 2.41. The highest BCUT2D eigenvalue weighted by molar-refractivity contribution is 4.96. The van der Waals surface area contributed by atoms with E-state index in [1.807, 2.05) is 0 Å². The van der Waals surface area contributed by atoms with E-state index in [1.54, 1.807) is 0 Å². The van der Waals surface area contributed by atoms with Crippen molar-refractivity contribution in [3.8, 4) is 0 Å². The fourth-order valence-corrected chi connectivity index (χ4v) is 2.60. The Morgan fingerprint density at radius 2 is 2.11 bits per heavy atom. The lowest BCUT2D eigenvalue weighted by Crippen LogP contribution is -2.24. The molecule has 2 heterocycles. The minimum Gasteiger partial charge on any atom is -0.300 e. The first-order valence-electron chi connectivity index (χ1n) is 4.01. The molecule has 0 aromatic heterocycles. The summed E-state index contributed by atoms with van der Waals surface area (Å²) in [5.41, 5.74) is 0. The lowest BCUT2D eigenvalue weighted by atomic mass is 9.91. The van der Waals surface area contributed by atoms with Crippen LogP contribution >= 0.6 is 0 Å². The standard InChI is InChI=1S/C8H15N/c1-6-5-7-3-4-8(6)9(7)2/h6-8H,3-5H2,1-2H3/t6-,7?,8-/m1/s1. The minimum absolute atomic E-state index is 0.940. The highest BCUT2D eigenvalue weighted by Crippen LogP contribution is 2.39. The van der Waals surface area contributed by atoms with Crippen LogP contribution < -0.4 is 0 Å². The van der Waals surface area contributed by atoms with E-state index in [4.69, 9.17) is 0 Å². The molecule has 2 fully saturated rings. The molecule has 2 rings (SSSR count). The van der Waals surface area contributed by atoms with Crippen LogP contribution in [-0.2, 0) is 0 Å². The monoisotopic (exact) mass is 125 g/mol. The van der Waals surface area contributed by atoms with Gasteiger partial charge in [-0.3, -0.25) is 0 Å². The fourth-order valence-electron chi connectivity index (χ4n) is 2.60. The van der Waals surface area contributed by atoms with Crippen molar-refractivity contribution >= 4 is 0 Å². The van der Waals surface area contributed by atoms with Gasteiger partial charge >= 0.3 is 0 Å². The normalized spacial score (nSPS) is 50.7. The van der Waals surface area contributed by atoms with Gasteiger partial charge in [0, 0.05) is 12.1 Å². The van der Waals surface area contributed by atoms with Crippen molar-refractivity contribution < 1.29 is 0 Å². The topological polar surface area (TPSA) is 3.24 Å². The van der Waals surface area contributed by atoms with E-state index in [1.165, 1.54) is 19.3 Å². The van der Waals surface area contributed by atoms with Crippen molar-refractivity contribution in [2.75, 3.05) is 7.05 Å². The largest absolute Gasteiger partial charge is 0.300 e. The van der Waals surface area contributed by atoms with E-state index >= 15 is 0 Å². The van der Waals surface area contributed by atoms with Crippen LogP contribution in [0.15, 0.2) is 0 Å². The molecule has 0 radical (unpaired) electrons. The van der Waals surface area contributed by atoms with Crippen LogP contribution in [-0.4, -0.2) is 24.0 Å². The fraction of sp³-hybridized carbons (Fsp3) is 1.00. The zero-order valence-corrected chi connectivity index (χ0v) is 6.30. The third-order valence-electron chi connectivity index (χ3n) is 3.20. The predicted molar refractivity (Wildman–Crippen MR) is 38.4 cm³/mol. The van der Waals surface area contributed by atoms with Gasteiger partial charge in [0.2, 0.25) is 0 Å². The Morgan fingerprint density at radius 3 is 2.33 bits per heavy atom. The van der Waals surface area contributed by atoms with Gasteiger partial charge in [-0.15, -0.1) is 0 Å². The third kappa shape index (κ3) is 0.644. The molecule has 1 heteroatoms. The SMILES string of the molecule is C[C@@H]1CC2CC[C@H]1N2C. The molecule has 3 atom stereocenters. The summed E-state index contributed by atoms with van der Waals surface area (Å²) in [6.45, 7) is 2.39. The van der Waals surface area contributed by atoms with E-state index < -0.39 is 0 Å². The maximum atomic E-state index is 2.57. The van der Waals surface area contributed by atoms with Crippen LogP contribution in [0.5, 0.6) is 0 Å². The van der Waals surface area contributed by atoms with Gasteiger partial charge in [-0.05, 0) is 32.2 Å². The van der Waals surface area contributed by atoms with Gasteiger partial charge in [0.05, 0.1) is 0 Å². The summed E-state index contributed by atoms with van der Waals surface area (Å²) in [7, 11) is 2.28. The number of fused-ring (bicyclic) bond motifs is 2. The Hall–Kier alpha value is -0.0400. The van der Waals surface area contributed by atoms with Crippen LogP contribution in [0.3, 0.4) is 0 Å². The van der Waals surface area contributed by atoms with Crippen molar-refractivity contribution in [1.82, 2.24) is 4.90 Å². The second-order valence-corrected chi connectivity index (χ2v) is 3.68. The summed E-state index contributed by atoms with van der Waals surface area (Å²) in [6, 6.07) is 1.89. The van der Waals surface area contributed by atoms with Crippen LogP contribution in [0.4, 0.5) is 0 Å². The Morgan fingerprint density at radius 1 is 1.33 bits per heavy atom. The smallest absolute Gasteiger partial charge is 0.0122 e. The van der Waals surface area contributed by atoms with Gasteiger partial charge in [-0.2, -0.15) is 0 Å². The average molecular weight is 125 g/mol. The first-order valence-corrected chi connectivity index (χ1v) is 4.01. The molecule has 0 saturated carbocycles. The van der Waals surface area contributed by atoms with E-state index in [9.17, 15) is 0 Å². The van der Waals surface area contributed by atoms with Crippen molar-refractivity contribution in [2.24, 2.45) is 5.92 Å². The molecule has 2 aliphatic rings. The third-order valence-corrected chi connectivity index (χ3v) is 3.20. The molecular weight excluding hydrogens is 110 g/mol. The van der Waals surface area contributed by atoms with E-state index in [0.29, 0.717) is 0 Å². The highest BCUT2D eigenvalue weighted by atomic mass is 15.2. The average Bonchev–Trinajstić information content (AvgIpc) is 2.25. The van der Waals surface area contributed by atoms with Crippen molar-refractivity contribution in [3.63, 3.8) is 0 Å². The van der Waals surface area contributed by atoms with Crippen molar-refractivity contribution in [2.45, 2.75) is 38.3 Å². The molecule has 0 aliphatic carbocycles. The molecule has 52 valence electrons. The van der Waals surface area contributed by atoms with Crippen LogP contribution in [0.1, 0.15) is 26.2 Å². The summed E-state index contributed by atoms with van der Waals surface area (Å²) in [6.07, 6.45) is 4.38. The summed E-state index contributed by atoms with van der Waals surface area (Å²) in [5, 5.41) is 0. The number of rotatable bonds is 0. The second-order valence-electron chi connectivity index (χ2n) is 3.68. The molecule has 0 N–H and O–H groups in total. The molecule has 2 aliphatic heterocycles. The first kappa shape index (κ1) is 5.72. The number of hydrogen-bond acceptors (Lipinski definition) is 1. The second kappa shape index (κ2) is 1.72. The quantitative estimate of drug-likeness (QED) is 0.474. The van der Waals surface area contributed by atoms with E-state index in [-0.39, 0.29) is 0 Å². The number of hydrogen-bond donors (Lipinski definition) is 0. The Balaban J connectivity index is 2.16. The molecule has 0 spiro atoms. The predicted octanol–water partition coefficient (Wildman–Crippen LogP) is 1.49. The van der Waals surface area contributed by atoms with Gasteiger partial charge in [-0.1, -0.05) is 6.92 Å². The van der Waals surface area contributed by atoms with Gasteiger partial charge in [0.15, 0.2) is 0 Å². The summed E-state index contributed by atoms with van der Waals surface area (Å²) < 4.78 is 0. The van der Waals surface area contributed by atoms with Gasteiger partial charge in [-0.25, -0.2) is 0 Å². The van der Waals surface area contributed by atoms with Crippen molar-refractivity contribution in [3.05, 3.63) is 0 Å². The maximum Gasteiger partial charge on any atom is 0.0122 e. The molecule has 0 aromatic rings. The minimum atomic E-state index is 0.940. The molecule has 2 bridgehead atoms. The Kier molecular flexibility index (Phi) is 1.10. The van der Waals surface area contributed by atoms with Gasteiger partial charge in [0.25, 0.3) is 0 Å². The lowest BCUT2D eigenvalue weighted by molar-refractivity contribution is 0.296. The van der Waals surface area contributed by atoms with E-state index in [2.05, 4.69) is 18.9 Å². The lowest BCUT2D eigenvalue weighted by Gasteiger charge is -2.16. The first-order chi connectivity index (χ1) is 4.29. The molecule has 1 nitrogen and oxygen atoms in total. The van der Waals surface area contributed by atoms with E-state index in [0.717, 1.165) is 18.0 Å². The molecule has 1 unspecified atom stereocenters. The zero-order chi connectivity index (χ0) is 6.43.